The molecular weight excluding hydrogens is 238 g/mol. The smallest absolute Gasteiger partial charge is 0.320 e. The van der Waals surface area contributed by atoms with Gasteiger partial charge in [0, 0.05) is 25.6 Å². The average molecular weight is 257 g/mol. The lowest BCUT2D eigenvalue weighted by Crippen LogP contribution is -2.39. The van der Waals surface area contributed by atoms with Crippen LogP contribution in [0.2, 0.25) is 0 Å². The second-order valence-corrected chi connectivity index (χ2v) is 4.30. The van der Waals surface area contributed by atoms with E-state index in [0.717, 1.165) is 0 Å². The van der Waals surface area contributed by atoms with E-state index >= 15 is 0 Å². The summed E-state index contributed by atoms with van der Waals surface area (Å²) in [6, 6.07) is -1.09. The summed E-state index contributed by atoms with van der Waals surface area (Å²) in [5.74, 6) is -1.03. The van der Waals surface area contributed by atoms with Gasteiger partial charge in [-0.15, -0.1) is 0 Å². The van der Waals surface area contributed by atoms with Gasteiger partial charge in [-0.05, 0) is 12.8 Å². The molecule has 18 heavy (non-hydrogen) atoms. The molecule has 0 aromatic rings. The first kappa shape index (κ1) is 14.4. The lowest BCUT2D eigenvalue weighted by Gasteiger charge is -2.14. The molecule has 0 aromatic heterocycles. The van der Waals surface area contributed by atoms with Crippen molar-refractivity contribution < 1.29 is 14.7 Å². The van der Waals surface area contributed by atoms with Gasteiger partial charge in [0.05, 0.1) is 0 Å². The number of nitrogens with two attached hydrogens (primary N) is 3. The van der Waals surface area contributed by atoms with Crippen LogP contribution in [-0.2, 0) is 9.59 Å². The van der Waals surface area contributed by atoms with Gasteiger partial charge in [-0.2, -0.15) is 0 Å². The molecular formula is C10H19N5O3. The van der Waals surface area contributed by atoms with Gasteiger partial charge in [0.2, 0.25) is 5.91 Å². The second-order valence-electron chi connectivity index (χ2n) is 4.30. The highest BCUT2D eigenvalue weighted by Crippen LogP contribution is 2.08. The fourth-order valence-corrected chi connectivity index (χ4v) is 1.67. The minimum Gasteiger partial charge on any atom is -0.480 e. The Kier molecular flexibility index (Phi) is 5.05. The van der Waals surface area contributed by atoms with Crippen molar-refractivity contribution in [1.82, 2.24) is 4.90 Å². The number of carbonyl (C=O) groups excluding carboxylic acids is 1. The van der Waals surface area contributed by atoms with Crippen molar-refractivity contribution in [3.05, 3.63) is 0 Å². The summed E-state index contributed by atoms with van der Waals surface area (Å²) in [6.45, 7) is 0.717. The number of likely N-dealkylation sites (tertiary alicyclic amines) is 1. The maximum Gasteiger partial charge on any atom is 0.320 e. The van der Waals surface area contributed by atoms with E-state index < -0.39 is 12.0 Å². The number of carboxylic acid groups (broad SMARTS) is 1. The van der Waals surface area contributed by atoms with Crippen molar-refractivity contribution in [3.63, 3.8) is 0 Å². The highest BCUT2D eigenvalue weighted by Gasteiger charge is 2.29. The summed E-state index contributed by atoms with van der Waals surface area (Å²) >= 11 is 0. The Morgan fingerprint density at radius 3 is 2.78 bits per heavy atom. The number of guanidine groups is 1. The Morgan fingerprint density at radius 1 is 1.61 bits per heavy atom. The molecule has 2 atom stereocenters. The van der Waals surface area contributed by atoms with Gasteiger partial charge in [0.15, 0.2) is 5.96 Å². The van der Waals surface area contributed by atoms with Crippen LogP contribution < -0.4 is 17.2 Å². The highest BCUT2D eigenvalue weighted by atomic mass is 16.4. The fraction of sp³-hybridized carbons (Fsp3) is 0.700. The highest BCUT2D eigenvalue weighted by molar-refractivity contribution is 5.98. The fourth-order valence-electron chi connectivity index (χ4n) is 1.67. The Hall–Kier alpha value is -1.67. The van der Waals surface area contributed by atoms with E-state index in [0.29, 0.717) is 25.9 Å². The van der Waals surface area contributed by atoms with Gasteiger partial charge in [-0.25, -0.2) is 0 Å². The van der Waals surface area contributed by atoms with Gasteiger partial charge < -0.3 is 22.3 Å². The molecule has 1 unspecified atom stereocenters. The number of hydrogen-bond donors (Lipinski definition) is 4. The molecule has 0 bridgehead atoms. The summed E-state index contributed by atoms with van der Waals surface area (Å²) in [5, 5.41) is 8.57. The van der Waals surface area contributed by atoms with Crippen molar-refractivity contribution >= 4 is 17.8 Å². The van der Waals surface area contributed by atoms with Crippen molar-refractivity contribution in [1.29, 1.82) is 0 Å². The van der Waals surface area contributed by atoms with Crippen LogP contribution in [-0.4, -0.2) is 53.0 Å². The molecule has 1 heterocycles. The Morgan fingerprint density at radius 2 is 2.28 bits per heavy atom. The predicted octanol–water partition coefficient (Wildman–Crippen LogP) is -1.95. The van der Waals surface area contributed by atoms with Gasteiger partial charge in [-0.1, -0.05) is 0 Å². The molecule has 0 aromatic carbocycles. The van der Waals surface area contributed by atoms with Crippen LogP contribution in [0.1, 0.15) is 19.3 Å². The minimum atomic E-state index is -1.03. The van der Waals surface area contributed by atoms with E-state index in [1.54, 1.807) is 0 Å². The third kappa shape index (κ3) is 3.97. The van der Waals surface area contributed by atoms with Crippen molar-refractivity contribution in [2.45, 2.75) is 31.3 Å². The van der Waals surface area contributed by atoms with Crippen LogP contribution >= 0.6 is 0 Å². The molecule has 8 nitrogen and oxygen atoms in total. The zero-order valence-electron chi connectivity index (χ0n) is 10.1. The molecule has 0 spiro atoms. The molecule has 1 fully saturated rings. The van der Waals surface area contributed by atoms with Gasteiger partial charge >= 0.3 is 5.97 Å². The summed E-state index contributed by atoms with van der Waals surface area (Å²) < 4.78 is 0. The Bertz CT molecular complexity index is 357. The molecule has 1 aliphatic rings. The third-order valence-electron chi connectivity index (χ3n) is 2.70. The van der Waals surface area contributed by atoms with Crippen LogP contribution in [0, 0.1) is 0 Å². The standard InChI is InChI=1S/C10H19N5O3/c11-6-4-8(16)15(5-6)10(13)14-3-1-2-7(12)9(17)18/h6-7H,1-5,11-12H2,(H2,13,14)(H,17,18)/t6?,7-/m0/s1. The summed E-state index contributed by atoms with van der Waals surface area (Å²) in [6.07, 6.45) is 1.10. The number of nitrogens with zero attached hydrogens (tertiary/aromatic N) is 2. The zero-order valence-corrected chi connectivity index (χ0v) is 10.1. The molecule has 1 amide bonds. The quantitative estimate of drug-likeness (QED) is 0.255. The van der Waals surface area contributed by atoms with Crippen LogP contribution in [0.5, 0.6) is 0 Å². The first-order valence-corrected chi connectivity index (χ1v) is 5.76. The normalized spacial score (nSPS) is 22.3. The lowest BCUT2D eigenvalue weighted by molar-refractivity contribution is -0.138. The van der Waals surface area contributed by atoms with Gasteiger partial charge in [-0.3, -0.25) is 19.5 Å². The van der Waals surface area contributed by atoms with E-state index in [1.807, 2.05) is 0 Å². The molecule has 1 aliphatic heterocycles. The largest absolute Gasteiger partial charge is 0.480 e. The van der Waals surface area contributed by atoms with Gasteiger partial charge in [0.1, 0.15) is 6.04 Å². The van der Waals surface area contributed by atoms with Crippen LogP contribution in [0.4, 0.5) is 0 Å². The molecule has 0 aliphatic carbocycles. The molecule has 7 N–H and O–H groups in total. The number of aliphatic imine (C=N–C) groups is 1. The zero-order chi connectivity index (χ0) is 13.7. The molecule has 0 radical (unpaired) electrons. The summed E-state index contributed by atoms with van der Waals surface area (Å²) in [7, 11) is 0. The predicted molar refractivity (Wildman–Crippen MR) is 65.6 cm³/mol. The number of carbonyl (C=O) groups is 2. The van der Waals surface area contributed by atoms with E-state index in [9.17, 15) is 9.59 Å². The van der Waals surface area contributed by atoms with Crippen molar-refractivity contribution in [2.24, 2.45) is 22.2 Å². The maximum atomic E-state index is 11.4. The van der Waals surface area contributed by atoms with Crippen molar-refractivity contribution in [3.8, 4) is 0 Å². The monoisotopic (exact) mass is 257 g/mol. The van der Waals surface area contributed by atoms with Crippen molar-refractivity contribution in [2.75, 3.05) is 13.1 Å². The minimum absolute atomic E-state index is 0.133. The average Bonchev–Trinajstić information content (AvgIpc) is 2.63. The summed E-state index contributed by atoms with van der Waals surface area (Å²) in [4.78, 5) is 27.3. The number of carboxylic acids is 1. The third-order valence-corrected chi connectivity index (χ3v) is 2.70. The van der Waals surface area contributed by atoms with E-state index in [-0.39, 0.29) is 24.3 Å². The molecule has 1 rings (SSSR count). The molecule has 1 saturated heterocycles. The second kappa shape index (κ2) is 6.31. The summed E-state index contributed by atoms with van der Waals surface area (Å²) in [5.41, 5.74) is 16.6. The van der Waals surface area contributed by atoms with E-state index in [4.69, 9.17) is 22.3 Å². The molecule has 0 saturated carbocycles. The number of amides is 1. The van der Waals surface area contributed by atoms with Crippen LogP contribution in [0.3, 0.4) is 0 Å². The molecule has 102 valence electrons. The Labute approximate surface area is 105 Å². The van der Waals surface area contributed by atoms with Crippen LogP contribution in [0.15, 0.2) is 4.99 Å². The number of aliphatic carboxylic acids is 1. The number of rotatable bonds is 5. The SMILES string of the molecule is NC(=NCCC[C@H](N)C(=O)O)N1CC(N)CC1=O. The lowest BCUT2D eigenvalue weighted by atomic mass is 10.2. The van der Waals surface area contributed by atoms with Crippen LogP contribution in [0.25, 0.3) is 0 Å². The van der Waals surface area contributed by atoms with E-state index in [1.165, 1.54) is 4.90 Å². The van der Waals surface area contributed by atoms with E-state index in [2.05, 4.69) is 4.99 Å². The van der Waals surface area contributed by atoms with Gasteiger partial charge in [0.25, 0.3) is 0 Å². The maximum absolute atomic E-state index is 11.4. The molecule has 8 heteroatoms. The first-order chi connectivity index (χ1) is 8.41. The Balaban J connectivity index is 2.34. The topological polar surface area (TPSA) is 148 Å². The first-order valence-electron chi connectivity index (χ1n) is 5.76. The number of hydrogen-bond acceptors (Lipinski definition) is 5.